The number of aromatic nitrogens is 2. The van der Waals surface area contributed by atoms with Gasteiger partial charge in [-0.2, -0.15) is 5.26 Å². The third kappa shape index (κ3) is 9.26. The number of thioether (sulfide) groups is 1. The Bertz CT molecular complexity index is 1030. The van der Waals surface area contributed by atoms with E-state index in [2.05, 4.69) is 39.4 Å². The summed E-state index contributed by atoms with van der Waals surface area (Å²) in [6, 6.07) is 8.01. The fourth-order valence-corrected chi connectivity index (χ4v) is 5.02. The number of rotatable bonds is 5. The molecule has 8 heteroatoms. The van der Waals surface area contributed by atoms with Gasteiger partial charge in [0.1, 0.15) is 12.1 Å². The maximum absolute atomic E-state index is 11.0. The Morgan fingerprint density at radius 1 is 1.24 bits per heavy atom. The van der Waals surface area contributed by atoms with E-state index in [9.17, 15) is 4.79 Å². The molecule has 0 atom stereocenters. The van der Waals surface area contributed by atoms with E-state index >= 15 is 0 Å². The number of piperidine rings is 1. The smallest absolute Gasteiger partial charge is 0.189 e. The van der Waals surface area contributed by atoms with E-state index < -0.39 is 0 Å². The second-order valence-electron chi connectivity index (χ2n) is 7.60. The van der Waals surface area contributed by atoms with Gasteiger partial charge in [-0.05, 0) is 75.7 Å². The molecule has 0 saturated carbocycles. The van der Waals surface area contributed by atoms with Gasteiger partial charge in [-0.1, -0.05) is 55.2 Å². The molecule has 34 heavy (non-hydrogen) atoms. The number of aldehydes is 1. The number of hydrogen-bond acceptors (Lipinski definition) is 8. The quantitative estimate of drug-likeness (QED) is 0.467. The minimum Gasteiger partial charge on any atom is -0.316 e. The number of carbonyl (C=O) groups excluding carboxylic acids is 1. The third-order valence-electron chi connectivity index (χ3n) is 5.17. The molecule has 4 rings (SSSR count). The minimum atomic E-state index is 0.334. The molecule has 2 aromatic rings. The fourth-order valence-electron chi connectivity index (χ4n) is 3.13. The van der Waals surface area contributed by atoms with Gasteiger partial charge < -0.3 is 10.2 Å². The molecule has 2 aliphatic rings. The highest BCUT2D eigenvalue weighted by atomic mass is 32.2. The molecular formula is C26H33N5OS2. The predicted molar refractivity (Wildman–Crippen MR) is 143 cm³/mol. The van der Waals surface area contributed by atoms with Gasteiger partial charge in [0.2, 0.25) is 0 Å². The molecule has 2 aromatic heterocycles. The number of allylic oxidation sites excluding steroid dienone is 5. The molecular weight excluding hydrogens is 462 g/mol. The van der Waals surface area contributed by atoms with E-state index in [0.29, 0.717) is 12.3 Å². The van der Waals surface area contributed by atoms with Crippen molar-refractivity contribution >= 4 is 40.3 Å². The van der Waals surface area contributed by atoms with Crippen LogP contribution in [0, 0.1) is 17.2 Å². The number of carbonyl (C=O) groups is 1. The molecule has 1 aliphatic carbocycles. The number of nitrogens with zero attached hydrogens (tertiary/aromatic N) is 4. The number of pyridine rings is 1. The van der Waals surface area contributed by atoms with E-state index in [1.807, 2.05) is 57.3 Å². The first-order valence-electron chi connectivity index (χ1n) is 11.5. The lowest BCUT2D eigenvalue weighted by Gasteiger charge is -2.24. The first-order valence-corrected chi connectivity index (χ1v) is 13.1. The van der Waals surface area contributed by atoms with E-state index in [-0.39, 0.29) is 0 Å². The molecule has 1 aliphatic heterocycles. The van der Waals surface area contributed by atoms with Crippen LogP contribution in [0.5, 0.6) is 0 Å². The molecule has 180 valence electrons. The number of nitrogens with one attached hydrogen (secondary N) is 1. The van der Waals surface area contributed by atoms with Gasteiger partial charge >= 0.3 is 0 Å². The monoisotopic (exact) mass is 495 g/mol. The molecule has 1 N–H and O–H groups in total. The van der Waals surface area contributed by atoms with Crippen LogP contribution in [0.1, 0.15) is 40.0 Å². The molecule has 0 unspecified atom stereocenters. The average molecular weight is 496 g/mol. The van der Waals surface area contributed by atoms with E-state index in [1.54, 1.807) is 29.3 Å². The number of anilines is 2. The highest BCUT2D eigenvalue weighted by Crippen LogP contribution is 2.36. The van der Waals surface area contributed by atoms with Gasteiger partial charge in [-0.25, -0.2) is 9.97 Å². The summed E-state index contributed by atoms with van der Waals surface area (Å²) in [5.41, 5.74) is 1.85. The van der Waals surface area contributed by atoms with Crippen LogP contribution in [0.3, 0.4) is 0 Å². The van der Waals surface area contributed by atoms with Crippen molar-refractivity contribution in [1.29, 1.82) is 5.26 Å². The van der Waals surface area contributed by atoms with Crippen LogP contribution < -0.4 is 5.32 Å². The Hall–Kier alpha value is -2.73. The minimum absolute atomic E-state index is 0.334. The summed E-state index contributed by atoms with van der Waals surface area (Å²) in [6.07, 6.45) is 13.4. The summed E-state index contributed by atoms with van der Waals surface area (Å²) >= 11 is 3.23. The van der Waals surface area contributed by atoms with Crippen LogP contribution >= 0.6 is 23.1 Å². The highest BCUT2D eigenvalue weighted by Gasteiger charge is 2.14. The molecule has 0 radical (unpaired) electrons. The summed E-state index contributed by atoms with van der Waals surface area (Å²) in [5.74, 6) is 1.11. The Morgan fingerprint density at radius 2 is 2.00 bits per heavy atom. The van der Waals surface area contributed by atoms with Crippen molar-refractivity contribution in [3.8, 4) is 6.07 Å². The van der Waals surface area contributed by atoms with Gasteiger partial charge in [-0.3, -0.25) is 4.79 Å². The molecule has 0 aromatic carbocycles. The van der Waals surface area contributed by atoms with Crippen molar-refractivity contribution in [3.05, 3.63) is 64.9 Å². The summed E-state index contributed by atoms with van der Waals surface area (Å²) < 4.78 is 1.09. The second kappa shape index (κ2) is 15.2. The lowest BCUT2D eigenvalue weighted by atomic mass is 9.99. The van der Waals surface area contributed by atoms with Crippen molar-refractivity contribution < 1.29 is 4.79 Å². The summed E-state index contributed by atoms with van der Waals surface area (Å²) in [4.78, 5) is 23.0. The number of hydrogen-bond donors (Lipinski definition) is 1. The van der Waals surface area contributed by atoms with E-state index in [4.69, 9.17) is 5.26 Å². The molecule has 0 amide bonds. The molecule has 0 spiro atoms. The maximum atomic E-state index is 11.0. The molecule has 1 fully saturated rings. The van der Waals surface area contributed by atoms with E-state index in [1.165, 1.54) is 0 Å². The Kier molecular flexibility index (Phi) is 12.3. The SMILES string of the molecule is CC.CC1=C(C=O)CC=C(Sc2cnc(Nc3ccccn3)s2)C=C1.CN1CCC(C#N)CC1. The van der Waals surface area contributed by atoms with Crippen molar-refractivity contribution in [2.24, 2.45) is 5.92 Å². The number of likely N-dealkylation sites (tertiary alicyclic amines) is 1. The zero-order chi connectivity index (χ0) is 24.8. The van der Waals surface area contributed by atoms with Crippen molar-refractivity contribution in [1.82, 2.24) is 14.9 Å². The van der Waals surface area contributed by atoms with Crippen LogP contribution in [-0.2, 0) is 4.79 Å². The van der Waals surface area contributed by atoms with Crippen LogP contribution in [0.25, 0.3) is 0 Å². The lowest BCUT2D eigenvalue weighted by Crippen LogP contribution is -2.29. The maximum Gasteiger partial charge on any atom is 0.189 e. The van der Waals surface area contributed by atoms with Crippen LogP contribution in [0.2, 0.25) is 0 Å². The highest BCUT2D eigenvalue weighted by molar-refractivity contribution is 8.05. The van der Waals surface area contributed by atoms with Crippen molar-refractivity contribution in [3.63, 3.8) is 0 Å². The number of thiazole rings is 1. The number of nitriles is 1. The molecule has 6 nitrogen and oxygen atoms in total. The van der Waals surface area contributed by atoms with Gasteiger partial charge in [0, 0.05) is 17.0 Å². The Labute approximate surface area is 211 Å². The topological polar surface area (TPSA) is 81.9 Å². The van der Waals surface area contributed by atoms with Gasteiger partial charge in [0.05, 0.1) is 16.5 Å². The standard InChI is InChI=1S/C17H15N3OS2.C7H12N2.C2H6/c1-12-5-7-14(8-6-13(12)11-21)22-16-10-19-17(23-16)20-15-4-2-3-9-18-15;1-9-4-2-7(6-8)3-5-9;1-2/h2-5,7-11H,6H2,1H3,(H,18,19,20);7H,2-5H2,1H3;1-2H3. The van der Waals surface area contributed by atoms with Crippen LogP contribution in [-0.4, -0.2) is 41.3 Å². The van der Waals surface area contributed by atoms with Gasteiger partial charge in [-0.15, -0.1) is 0 Å². The summed E-state index contributed by atoms with van der Waals surface area (Å²) in [5, 5.41) is 12.5. The molecule has 1 saturated heterocycles. The third-order valence-corrected chi connectivity index (χ3v) is 7.23. The van der Waals surface area contributed by atoms with Crippen LogP contribution in [0.15, 0.2) is 69.1 Å². The predicted octanol–water partition coefficient (Wildman–Crippen LogP) is 6.61. The van der Waals surface area contributed by atoms with Crippen molar-refractivity contribution in [2.75, 3.05) is 25.5 Å². The molecule has 0 bridgehead atoms. The fraction of sp³-hybridized carbons (Fsp3) is 0.385. The summed E-state index contributed by atoms with van der Waals surface area (Å²) in [7, 11) is 2.10. The second-order valence-corrected chi connectivity index (χ2v) is 10.0. The molecule has 3 heterocycles. The van der Waals surface area contributed by atoms with Gasteiger partial charge in [0.15, 0.2) is 5.13 Å². The lowest BCUT2D eigenvalue weighted by molar-refractivity contribution is -0.105. The van der Waals surface area contributed by atoms with E-state index in [0.717, 1.165) is 63.4 Å². The largest absolute Gasteiger partial charge is 0.316 e. The van der Waals surface area contributed by atoms with Crippen molar-refractivity contribution in [2.45, 2.75) is 44.2 Å². The van der Waals surface area contributed by atoms with Gasteiger partial charge in [0.25, 0.3) is 0 Å². The normalized spacial score (nSPS) is 16.1. The zero-order valence-electron chi connectivity index (χ0n) is 20.3. The Balaban J connectivity index is 0.000000311. The van der Waals surface area contributed by atoms with Crippen LogP contribution in [0.4, 0.5) is 10.9 Å². The summed E-state index contributed by atoms with van der Waals surface area (Å²) in [6.45, 7) is 8.15. The zero-order valence-corrected chi connectivity index (χ0v) is 22.0. The Morgan fingerprint density at radius 3 is 2.65 bits per heavy atom. The first-order chi connectivity index (χ1) is 16.6. The average Bonchev–Trinajstić information content (AvgIpc) is 3.23. The first kappa shape index (κ1) is 27.5.